The molecule has 1 rings (SSSR count). The molecule has 0 amide bonds. The smallest absolute Gasteiger partial charge is 0.310 e. The fourth-order valence-electron chi connectivity index (χ4n) is 1.28. The quantitative estimate of drug-likeness (QED) is 0.604. The van der Waals surface area contributed by atoms with Crippen LogP contribution in [-0.4, -0.2) is 20.2 Å². The molecular formula is C10H12FNO3. The third-order valence-electron chi connectivity index (χ3n) is 1.93. The lowest BCUT2D eigenvalue weighted by Gasteiger charge is -2.10. The number of benzene rings is 1. The Kier molecular flexibility index (Phi) is 3.49. The topological polar surface area (TPSA) is 61.5 Å². The summed E-state index contributed by atoms with van der Waals surface area (Å²) in [5, 5.41) is 0. The lowest BCUT2D eigenvalue weighted by atomic mass is 10.1. The van der Waals surface area contributed by atoms with Gasteiger partial charge in [0, 0.05) is 11.6 Å². The van der Waals surface area contributed by atoms with Gasteiger partial charge in [0.2, 0.25) is 0 Å². The van der Waals surface area contributed by atoms with Gasteiger partial charge in [0.1, 0.15) is 11.6 Å². The fourth-order valence-corrected chi connectivity index (χ4v) is 1.28. The van der Waals surface area contributed by atoms with Gasteiger partial charge in [-0.05, 0) is 6.07 Å². The molecule has 15 heavy (non-hydrogen) atoms. The van der Waals surface area contributed by atoms with E-state index in [1.807, 2.05) is 0 Å². The third-order valence-corrected chi connectivity index (χ3v) is 1.93. The van der Waals surface area contributed by atoms with Crippen molar-refractivity contribution in [2.24, 2.45) is 0 Å². The molecule has 1 aromatic rings. The van der Waals surface area contributed by atoms with Crippen LogP contribution in [0.3, 0.4) is 0 Å². The molecule has 0 fully saturated rings. The molecule has 0 saturated carbocycles. The summed E-state index contributed by atoms with van der Waals surface area (Å²) < 4.78 is 22.5. The van der Waals surface area contributed by atoms with E-state index in [0.29, 0.717) is 11.3 Å². The molecule has 0 aliphatic rings. The van der Waals surface area contributed by atoms with Gasteiger partial charge in [-0.1, -0.05) is 0 Å². The summed E-state index contributed by atoms with van der Waals surface area (Å²) in [5.41, 5.74) is 6.07. The number of hydrogen-bond donors (Lipinski definition) is 1. The Morgan fingerprint density at radius 2 is 2.13 bits per heavy atom. The SMILES string of the molecule is COC(=O)Cc1cc(F)cc(N)c1OC. The summed E-state index contributed by atoms with van der Waals surface area (Å²) >= 11 is 0. The second kappa shape index (κ2) is 4.63. The number of halogens is 1. The Morgan fingerprint density at radius 3 is 2.67 bits per heavy atom. The van der Waals surface area contributed by atoms with E-state index >= 15 is 0 Å². The number of ether oxygens (including phenoxy) is 2. The number of anilines is 1. The molecule has 0 atom stereocenters. The van der Waals surface area contributed by atoms with Crippen molar-refractivity contribution in [2.75, 3.05) is 20.0 Å². The summed E-state index contributed by atoms with van der Waals surface area (Å²) in [6, 6.07) is 2.34. The number of nitrogens with two attached hydrogens (primary N) is 1. The van der Waals surface area contributed by atoms with Crippen LogP contribution in [0, 0.1) is 5.82 Å². The number of nitrogen functional groups attached to an aromatic ring is 1. The molecule has 0 radical (unpaired) electrons. The number of rotatable bonds is 3. The molecular weight excluding hydrogens is 201 g/mol. The number of methoxy groups -OCH3 is 2. The highest BCUT2D eigenvalue weighted by Crippen LogP contribution is 2.28. The van der Waals surface area contributed by atoms with Crippen LogP contribution in [0.25, 0.3) is 0 Å². The van der Waals surface area contributed by atoms with Crippen LogP contribution >= 0.6 is 0 Å². The van der Waals surface area contributed by atoms with Crippen LogP contribution in [0.1, 0.15) is 5.56 Å². The maximum absolute atomic E-state index is 13.0. The molecule has 0 aliphatic heterocycles. The minimum atomic E-state index is -0.507. The van der Waals surface area contributed by atoms with Crippen LogP contribution in [0.15, 0.2) is 12.1 Å². The lowest BCUT2D eigenvalue weighted by molar-refractivity contribution is -0.139. The van der Waals surface area contributed by atoms with Gasteiger partial charge in [0.15, 0.2) is 0 Å². The van der Waals surface area contributed by atoms with Gasteiger partial charge in [-0.2, -0.15) is 0 Å². The zero-order valence-electron chi connectivity index (χ0n) is 8.54. The van der Waals surface area contributed by atoms with E-state index in [9.17, 15) is 9.18 Å². The average molecular weight is 213 g/mol. The monoisotopic (exact) mass is 213 g/mol. The van der Waals surface area contributed by atoms with Crippen molar-refractivity contribution < 1.29 is 18.7 Å². The van der Waals surface area contributed by atoms with Gasteiger partial charge in [0.25, 0.3) is 0 Å². The van der Waals surface area contributed by atoms with Crippen LogP contribution in [0.4, 0.5) is 10.1 Å². The van der Waals surface area contributed by atoms with Gasteiger partial charge in [-0.3, -0.25) is 4.79 Å². The standard InChI is InChI=1S/C10H12FNO3/c1-14-9(13)4-6-3-7(11)5-8(12)10(6)15-2/h3,5H,4,12H2,1-2H3. The maximum atomic E-state index is 13.0. The molecule has 0 spiro atoms. The largest absolute Gasteiger partial charge is 0.494 e. The highest BCUT2D eigenvalue weighted by atomic mass is 19.1. The van der Waals surface area contributed by atoms with E-state index in [0.717, 1.165) is 6.07 Å². The van der Waals surface area contributed by atoms with E-state index in [1.54, 1.807) is 0 Å². The molecule has 0 bridgehead atoms. The predicted molar refractivity (Wildman–Crippen MR) is 53.1 cm³/mol. The van der Waals surface area contributed by atoms with Gasteiger partial charge >= 0.3 is 5.97 Å². The second-order valence-electron chi connectivity index (χ2n) is 2.94. The maximum Gasteiger partial charge on any atom is 0.310 e. The number of carbonyl (C=O) groups excluding carboxylic acids is 1. The predicted octanol–water partition coefficient (Wildman–Crippen LogP) is 1.13. The van der Waals surface area contributed by atoms with Crippen molar-refractivity contribution in [3.05, 3.63) is 23.5 Å². The van der Waals surface area contributed by atoms with Crippen molar-refractivity contribution in [3.63, 3.8) is 0 Å². The first-order chi connectivity index (χ1) is 7.08. The van der Waals surface area contributed by atoms with Crippen molar-refractivity contribution in [3.8, 4) is 5.75 Å². The summed E-state index contributed by atoms with van der Waals surface area (Å²) in [6.07, 6.45) is -0.0678. The van der Waals surface area contributed by atoms with Crippen molar-refractivity contribution in [2.45, 2.75) is 6.42 Å². The molecule has 0 aliphatic carbocycles. The van der Waals surface area contributed by atoms with E-state index in [1.165, 1.54) is 20.3 Å². The first-order valence-corrected chi connectivity index (χ1v) is 4.27. The highest BCUT2D eigenvalue weighted by molar-refractivity contribution is 5.75. The van der Waals surface area contributed by atoms with E-state index < -0.39 is 11.8 Å². The summed E-state index contributed by atoms with van der Waals surface area (Å²) in [4.78, 5) is 11.0. The molecule has 82 valence electrons. The van der Waals surface area contributed by atoms with E-state index in [4.69, 9.17) is 10.5 Å². The lowest BCUT2D eigenvalue weighted by Crippen LogP contribution is -2.07. The molecule has 5 heteroatoms. The summed E-state index contributed by atoms with van der Waals surface area (Å²) in [5.74, 6) is -0.674. The molecule has 4 nitrogen and oxygen atoms in total. The number of esters is 1. The van der Waals surface area contributed by atoms with Crippen LogP contribution in [0.5, 0.6) is 5.75 Å². The first kappa shape index (κ1) is 11.3. The number of carbonyl (C=O) groups is 1. The molecule has 0 saturated heterocycles. The van der Waals surface area contributed by atoms with Gasteiger partial charge in [-0.25, -0.2) is 4.39 Å². The normalized spacial score (nSPS) is 9.80. The highest BCUT2D eigenvalue weighted by Gasteiger charge is 2.13. The van der Waals surface area contributed by atoms with Crippen LogP contribution < -0.4 is 10.5 Å². The van der Waals surface area contributed by atoms with E-state index in [2.05, 4.69) is 4.74 Å². The third kappa shape index (κ3) is 2.59. The van der Waals surface area contributed by atoms with Crippen molar-refractivity contribution in [1.29, 1.82) is 0 Å². The summed E-state index contributed by atoms with van der Waals surface area (Å²) in [7, 11) is 2.67. The Balaban J connectivity index is 3.09. The first-order valence-electron chi connectivity index (χ1n) is 4.27. The van der Waals surface area contributed by atoms with Crippen LogP contribution in [0.2, 0.25) is 0 Å². The molecule has 0 unspecified atom stereocenters. The Bertz CT molecular complexity index is 379. The molecule has 1 aromatic carbocycles. The van der Waals surface area contributed by atoms with Crippen LogP contribution in [-0.2, 0) is 16.0 Å². The van der Waals surface area contributed by atoms with Gasteiger partial charge in [-0.15, -0.1) is 0 Å². The molecule has 0 aromatic heterocycles. The van der Waals surface area contributed by atoms with Crippen molar-refractivity contribution in [1.82, 2.24) is 0 Å². The average Bonchev–Trinajstić information content (AvgIpc) is 2.17. The van der Waals surface area contributed by atoms with Crippen molar-refractivity contribution >= 4 is 11.7 Å². The summed E-state index contributed by atoms with van der Waals surface area (Å²) in [6.45, 7) is 0. The second-order valence-corrected chi connectivity index (χ2v) is 2.94. The Labute approximate surface area is 86.8 Å². The number of hydrogen-bond acceptors (Lipinski definition) is 4. The van der Waals surface area contributed by atoms with Gasteiger partial charge in [0.05, 0.1) is 26.3 Å². The van der Waals surface area contributed by atoms with E-state index in [-0.39, 0.29) is 12.1 Å². The Hall–Kier alpha value is -1.78. The zero-order chi connectivity index (χ0) is 11.4. The minimum Gasteiger partial charge on any atom is -0.494 e. The molecule has 0 heterocycles. The minimum absolute atomic E-state index is 0.0678. The Morgan fingerprint density at radius 1 is 1.47 bits per heavy atom. The zero-order valence-corrected chi connectivity index (χ0v) is 8.54. The molecule has 2 N–H and O–H groups in total. The fraction of sp³-hybridized carbons (Fsp3) is 0.300. The van der Waals surface area contributed by atoms with Gasteiger partial charge < -0.3 is 15.2 Å².